The number of carbonyl (C=O) groups excluding carboxylic acids is 1. The maximum absolute atomic E-state index is 12.9. The number of alkyl halides is 3. The number of aryl methyl sites for hydroxylation is 1. The summed E-state index contributed by atoms with van der Waals surface area (Å²) in [5.41, 5.74) is 7.52. The predicted molar refractivity (Wildman–Crippen MR) is 107 cm³/mol. The fourth-order valence-electron chi connectivity index (χ4n) is 3.18. The summed E-state index contributed by atoms with van der Waals surface area (Å²) in [7, 11) is 1.82. The van der Waals surface area contributed by atoms with Gasteiger partial charge in [0.05, 0.1) is 17.6 Å². The number of aromatic nitrogens is 4. The number of halogens is 3. The Balaban J connectivity index is 1.92. The van der Waals surface area contributed by atoms with Crippen molar-refractivity contribution in [2.24, 2.45) is 12.8 Å². The second-order valence-corrected chi connectivity index (χ2v) is 6.82. The van der Waals surface area contributed by atoms with Gasteiger partial charge in [0.1, 0.15) is 5.65 Å². The fourth-order valence-corrected chi connectivity index (χ4v) is 3.18. The lowest BCUT2D eigenvalue weighted by Gasteiger charge is -2.09. The number of primary amides is 1. The van der Waals surface area contributed by atoms with Gasteiger partial charge in [0.25, 0.3) is 0 Å². The standard InChI is InChI=1S/C21H16F3N5O/c1-12(19(25)30)13-7-16-17(18-10-28(2)11-27-18)9-29(20(16)26-8-13)15-5-3-14(4-6-15)21(22,23)24/h3-11H,1H2,2H3,(H2,25,30). The quantitative estimate of drug-likeness (QED) is 0.517. The molecule has 0 radical (unpaired) electrons. The van der Waals surface area contributed by atoms with Gasteiger partial charge in [-0.05, 0) is 30.3 Å². The monoisotopic (exact) mass is 411 g/mol. The van der Waals surface area contributed by atoms with E-state index in [0.717, 1.165) is 12.1 Å². The number of benzene rings is 1. The Kier molecular flexibility index (Phi) is 4.45. The molecule has 2 N–H and O–H groups in total. The summed E-state index contributed by atoms with van der Waals surface area (Å²) >= 11 is 0. The zero-order chi connectivity index (χ0) is 21.6. The van der Waals surface area contributed by atoms with E-state index >= 15 is 0 Å². The number of hydrogen-bond donors (Lipinski definition) is 1. The first-order chi connectivity index (χ1) is 14.1. The summed E-state index contributed by atoms with van der Waals surface area (Å²) in [4.78, 5) is 20.3. The summed E-state index contributed by atoms with van der Waals surface area (Å²) < 4.78 is 42.2. The Bertz CT molecular complexity index is 1280. The number of carbonyl (C=O) groups is 1. The molecule has 0 aliphatic rings. The highest BCUT2D eigenvalue weighted by Gasteiger charge is 2.30. The maximum Gasteiger partial charge on any atom is 0.416 e. The molecule has 0 saturated carbocycles. The highest BCUT2D eigenvalue weighted by atomic mass is 19.4. The van der Waals surface area contributed by atoms with Crippen LogP contribution in [0.2, 0.25) is 0 Å². The molecule has 30 heavy (non-hydrogen) atoms. The van der Waals surface area contributed by atoms with E-state index in [4.69, 9.17) is 5.73 Å². The van der Waals surface area contributed by atoms with Crippen molar-refractivity contribution in [2.75, 3.05) is 0 Å². The van der Waals surface area contributed by atoms with Crippen molar-refractivity contribution in [3.8, 4) is 16.9 Å². The lowest BCUT2D eigenvalue weighted by molar-refractivity contribution is -0.137. The van der Waals surface area contributed by atoms with Crippen molar-refractivity contribution in [2.45, 2.75) is 6.18 Å². The van der Waals surface area contributed by atoms with Gasteiger partial charge in [-0.1, -0.05) is 6.58 Å². The number of pyridine rings is 1. The summed E-state index contributed by atoms with van der Waals surface area (Å²) in [6.07, 6.45) is 2.23. The van der Waals surface area contributed by atoms with E-state index in [-0.39, 0.29) is 5.57 Å². The van der Waals surface area contributed by atoms with E-state index in [1.54, 1.807) is 33.9 Å². The van der Waals surface area contributed by atoms with Gasteiger partial charge in [-0.3, -0.25) is 4.79 Å². The first-order valence-electron chi connectivity index (χ1n) is 8.81. The molecule has 9 heteroatoms. The molecule has 0 unspecified atom stereocenters. The van der Waals surface area contributed by atoms with Gasteiger partial charge < -0.3 is 14.9 Å². The number of amides is 1. The molecule has 4 aromatic rings. The fraction of sp³-hybridized carbons (Fsp3) is 0.0952. The van der Waals surface area contributed by atoms with Gasteiger partial charge >= 0.3 is 6.18 Å². The summed E-state index contributed by atoms with van der Waals surface area (Å²) in [5, 5.41) is 0.661. The summed E-state index contributed by atoms with van der Waals surface area (Å²) in [6.45, 7) is 3.69. The number of nitrogens with two attached hydrogens (primary N) is 1. The molecule has 6 nitrogen and oxygen atoms in total. The van der Waals surface area contributed by atoms with Crippen molar-refractivity contribution in [1.29, 1.82) is 0 Å². The van der Waals surface area contributed by atoms with Gasteiger partial charge in [-0.2, -0.15) is 13.2 Å². The smallest absolute Gasteiger partial charge is 0.366 e. The van der Waals surface area contributed by atoms with Crippen LogP contribution in [0.25, 0.3) is 33.6 Å². The zero-order valence-corrected chi connectivity index (χ0v) is 15.8. The van der Waals surface area contributed by atoms with Crippen molar-refractivity contribution in [3.63, 3.8) is 0 Å². The molecule has 0 spiro atoms. The SMILES string of the molecule is C=C(C(N)=O)c1cnc2c(c1)c(-c1cn(C)cn1)cn2-c1ccc(C(F)(F)F)cc1. The highest BCUT2D eigenvalue weighted by Crippen LogP contribution is 2.34. The van der Waals surface area contributed by atoms with Crippen molar-refractivity contribution in [3.05, 3.63) is 73.0 Å². The molecule has 1 aromatic carbocycles. The average molecular weight is 411 g/mol. The van der Waals surface area contributed by atoms with Crippen LogP contribution in [-0.2, 0) is 18.0 Å². The van der Waals surface area contributed by atoms with E-state index in [2.05, 4.69) is 16.5 Å². The Labute approximate surface area is 169 Å². The largest absolute Gasteiger partial charge is 0.416 e. The Hall–Kier alpha value is -3.88. The van der Waals surface area contributed by atoms with Gasteiger partial charge in [-0.15, -0.1) is 0 Å². The van der Waals surface area contributed by atoms with Crippen molar-refractivity contribution < 1.29 is 18.0 Å². The number of rotatable bonds is 4. The van der Waals surface area contributed by atoms with Crippen LogP contribution >= 0.6 is 0 Å². The molecule has 0 saturated heterocycles. The normalized spacial score (nSPS) is 11.7. The van der Waals surface area contributed by atoms with Crippen LogP contribution in [0.3, 0.4) is 0 Å². The third kappa shape index (κ3) is 3.34. The second-order valence-electron chi connectivity index (χ2n) is 6.82. The van der Waals surface area contributed by atoms with Crippen LogP contribution in [0.1, 0.15) is 11.1 Å². The molecule has 3 heterocycles. The van der Waals surface area contributed by atoms with Crippen LogP contribution in [0.15, 0.2) is 61.8 Å². The van der Waals surface area contributed by atoms with E-state index in [1.807, 2.05) is 7.05 Å². The third-order valence-corrected chi connectivity index (χ3v) is 4.74. The molecule has 0 aliphatic carbocycles. The van der Waals surface area contributed by atoms with Crippen LogP contribution in [0, 0.1) is 0 Å². The Morgan fingerprint density at radius 3 is 2.40 bits per heavy atom. The molecule has 0 aliphatic heterocycles. The topological polar surface area (TPSA) is 78.7 Å². The minimum absolute atomic E-state index is 0.110. The Morgan fingerprint density at radius 1 is 1.13 bits per heavy atom. The van der Waals surface area contributed by atoms with Gasteiger partial charge in [0, 0.05) is 53.4 Å². The van der Waals surface area contributed by atoms with Gasteiger partial charge in [0.2, 0.25) is 5.91 Å². The van der Waals surface area contributed by atoms with E-state index in [1.165, 1.54) is 18.3 Å². The molecule has 0 bridgehead atoms. The van der Waals surface area contributed by atoms with E-state index in [0.29, 0.717) is 33.5 Å². The molecule has 0 fully saturated rings. The van der Waals surface area contributed by atoms with Crippen molar-refractivity contribution in [1.82, 2.24) is 19.1 Å². The molecule has 1 amide bonds. The minimum Gasteiger partial charge on any atom is -0.366 e. The number of hydrogen-bond acceptors (Lipinski definition) is 3. The lowest BCUT2D eigenvalue weighted by atomic mass is 10.1. The minimum atomic E-state index is -4.42. The van der Waals surface area contributed by atoms with Gasteiger partial charge in [-0.25, -0.2) is 9.97 Å². The van der Waals surface area contributed by atoms with E-state index in [9.17, 15) is 18.0 Å². The third-order valence-electron chi connectivity index (χ3n) is 4.74. The first kappa shape index (κ1) is 19.4. The summed E-state index contributed by atoms with van der Waals surface area (Å²) in [5.74, 6) is -0.669. The highest BCUT2D eigenvalue weighted by molar-refractivity contribution is 6.18. The second kappa shape index (κ2) is 6.87. The first-order valence-corrected chi connectivity index (χ1v) is 8.81. The molecule has 0 atom stereocenters. The molecule has 152 valence electrons. The Morgan fingerprint density at radius 2 is 1.83 bits per heavy atom. The van der Waals surface area contributed by atoms with Gasteiger partial charge in [0.15, 0.2) is 0 Å². The average Bonchev–Trinajstić information content (AvgIpc) is 3.29. The van der Waals surface area contributed by atoms with Crippen LogP contribution in [-0.4, -0.2) is 25.0 Å². The molecular weight excluding hydrogens is 395 g/mol. The predicted octanol–water partition coefficient (Wildman–Crippen LogP) is 3.94. The summed E-state index contributed by atoms with van der Waals surface area (Å²) in [6, 6.07) is 6.51. The zero-order valence-electron chi connectivity index (χ0n) is 15.8. The molecular formula is C21H16F3N5O. The van der Waals surface area contributed by atoms with Crippen LogP contribution in [0.5, 0.6) is 0 Å². The molecule has 3 aromatic heterocycles. The lowest BCUT2D eigenvalue weighted by Crippen LogP contribution is -2.12. The van der Waals surface area contributed by atoms with Crippen LogP contribution < -0.4 is 5.73 Å². The van der Waals surface area contributed by atoms with Crippen molar-refractivity contribution >= 4 is 22.5 Å². The number of fused-ring (bicyclic) bond motifs is 1. The molecule has 4 rings (SSSR count). The number of nitrogens with zero attached hydrogens (tertiary/aromatic N) is 4. The maximum atomic E-state index is 12.9. The van der Waals surface area contributed by atoms with Crippen LogP contribution in [0.4, 0.5) is 13.2 Å². The number of imidazole rings is 1. The van der Waals surface area contributed by atoms with E-state index < -0.39 is 17.6 Å².